The lowest BCUT2D eigenvalue weighted by Crippen LogP contribution is -2.14. The van der Waals surface area contributed by atoms with Crippen LogP contribution in [0.5, 0.6) is 0 Å². The molecule has 2 rings (SSSR count). The predicted octanol–water partition coefficient (Wildman–Crippen LogP) is -0.879. The Morgan fingerprint density at radius 3 is 3.00 bits per heavy atom. The Kier molecular flexibility index (Phi) is 1.42. The third kappa shape index (κ3) is 1.08. The number of aromatic amines is 1. The predicted molar refractivity (Wildman–Crippen MR) is 44.3 cm³/mol. The SMILES string of the molecule is NC(=O)c1cn2c(=O)[nH]ccc2n1. The maximum Gasteiger partial charge on any atom is 0.331 e. The number of carbonyl (C=O) groups is 1. The zero-order chi connectivity index (χ0) is 9.42. The Hall–Kier alpha value is -2.11. The summed E-state index contributed by atoms with van der Waals surface area (Å²) in [5.74, 6) is -0.650. The highest BCUT2D eigenvalue weighted by molar-refractivity contribution is 5.91. The summed E-state index contributed by atoms with van der Waals surface area (Å²) in [5.41, 5.74) is 5.13. The normalized spacial score (nSPS) is 10.5. The lowest BCUT2D eigenvalue weighted by Gasteiger charge is -1.86. The monoisotopic (exact) mass is 178 g/mol. The smallest absolute Gasteiger partial charge is 0.331 e. The molecular formula is C7H6N4O2. The van der Waals surface area contributed by atoms with Crippen LogP contribution in [0.1, 0.15) is 10.5 Å². The van der Waals surface area contributed by atoms with Gasteiger partial charge in [-0.1, -0.05) is 0 Å². The Bertz CT molecular complexity index is 525. The van der Waals surface area contributed by atoms with Gasteiger partial charge in [-0.2, -0.15) is 0 Å². The average molecular weight is 178 g/mol. The molecule has 0 saturated heterocycles. The van der Waals surface area contributed by atoms with Crippen molar-refractivity contribution in [3.8, 4) is 0 Å². The second-order valence-electron chi connectivity index (χ2n) is 2.50. The first-order valence-corrected chi connectivity index (χ1v) is 3.55. The molecule has 2 aromatic rings. The van der Waals surface area contributed by atoms with Gasteiger partial charge in [0.1, 0.15) is 11.3 Å². The molecule has 0 radical (unpaired) electrons. The highest BCUT2D eigenvalue weighted by Crippen LogP contribution is 1.99. The van der Waals surface area contributed by atoms with Crippen molar-refractivity contribution in [1.82, 2.24) is 14.4 Å². The number of imidazole rings is 1. The number of aromatic nitrogens is 3. The molecule has 0 saturated carbocycles. The van der Waals surface area contributed by atoms with Gasteiger partial charge in [0, 0.05) is 12.4 Å². The number of carbonyl (C=O) groups excluding carboxylic acids is 1. The van der Waals surface area contributed by atoms with Crippen LogP contribution in [0.2, 0.25) is 0 Å². The summed E-state index contributed by atoms with van der Waals surface area (Å²) in [4.78, 5) is 28.1. The maximum atomic E-state index is 11.1. The van der Waals surface area contributed by atoms with Gasteiger partial charge < -0.3 is 10.7 Å². The number of nitrogens with zero attached hydrogens (tertiary/aromatic N) is 2. The highest BCUT2D eigenvalue weighted by atomic mass is 16.1. The number of H-pyrrole nitrogens is 1. The molecule has 6 heteroatoms. The number of hydrogen-bond acceptors (Lipinski definition) is 3. The molecule has 2 heterocycles. The zero-order valence-corrected chi connectivity index (χ0v) is 6.52. The van der Waals surface area contributed by atoms with E-state index in [1.165, 1.54) is 16.8 Å². The number of amides is 1. The molecule has 0 aliphatic rings. The summed E-state index contributed by atoms with van der Waals surface area (Å²) in [6.45, 7) is 0. The molecule has 0 atom stereocenters. The van der Waals surface area contributed by atoms with Crippen molar-refractivity contribution in [2.45, 2.75) is 0 Å². The van der Waals surface area contributed by atoms with Crippen LogP contribution in [-0.2, 0) is 0 Å². The highest BCUT2D eigenvalue weighted by Gasteiger charge is 2.07. The van der Waals surface area contributed by atoms with Gasteiger partial charge in [-0.05, 0) is 6.07 Å². The van der Waals surface area contributed by atoms with E-state index in [9.17, 15) is 9.59 Å². The van der Waals surface area contributed by atoms with E-state index in [1.807, 2.05) is 0 Å². The fourth-order valence-corrected chi connectivity index (χ4v) is 1.05. The topological polar surface area (TPSA) is 93.2 Å². The lowest BCUT2D eigenvalue weighted by atomic mass is 10.5. The molecule has 13 heavy (non-hydrogen) atoms. The van der Waals surface area contributed by atoms with Gasteiger partial charge in [-0.3, -0.25) is 9.20 Å². The Labute approximate surface area is 72.0 Å². The first-order chi connectivity index (χ1) is 6.18. The standard InChI is InChI=1S/C7H6N4O2/c8-6(12)4-3-11-5(10-4)1-2-9-7(11)13/h1-3H,(H2,8,12)(H,9,13). The van der Waals surface area contributed by atoms with Crippen LogP contribution in [0.15, 0.2) is 23.3 Å². The molecule has 0 bridgehead atoms. The van der Waals surface area contributed by atoms with Crippen molar-refractivity contribution in [3.05, 3.63) is 34.6 Å². The summed E-state index contributed by atoms with van der Waals surface area (Å²) in [5, 5.41) is 0. The average Bonchev–Trinajstić information content (AvgIpc) is 2.49. The number of nitrogens with one attached hydrogen (secondary N) is 1. The number of hydrogen-bond donors (Lipinski definition) is 2. The summed E-state index contributed by atoms with van der Waals surface area (Å²) in [6, 6.07) is 1.58. The zero-order valence-electron chi connectivity index (χ0n) is 6.52. The molecule has 66 valence electrons. The van der Waals surface area contributed by atoms with Crippen molar-refractivity contribution in [2.75, 3.05) is 0 Å². The molecule has 0 fully saturated rings. The van der Waals surface area contributed by atoms with Gasteiger partial charge in [-0.15, -0.1) is 0 Å². The third-order valence-corrected chi connectivity index (χ3v) is 1.64. The van der Waals surface area contributed by atoms with Crippen molar-refractivity contribution < 1.29 is 4.79 Å². The molecule has 0 aliphatic carbocycles. The van der Waals surface area contributed by atoms with E-state index >= 15 is 0 Å². The quantitative estimate of drug-likeness (QED) is 0.593. The molecule has 6 nitrogen and oxygen atoms in total. The van der Waals surface area contributed by atoms with E-state index in [2.05, 4.69) is 9.97 Å². The molecule has 0 unspecified atom stereocenters. The van der Waals surface area contributed by atoms with Crippen molar-refractivity contribution in [3.63, 3.8) is 0 Å². The van der Waals surface area contributed by atoms with Gasteiger partial charge in [0.25, 0.3) is 5.91 Å². The van der Waals surface area contributed by atoms with Gasteiger partial charge in [0.05, 0.1) is 0 Å². The van der Waals surface area contributed by atoms with Gasteiger partial charge in [0.15, 0.2) is 0 Å². The Morgan fingerprint density at radius 2 is 2.38 bits per heavy atom. The minimum Gasteiger partial charge on any atom is -0.364 e. The molecule has 0 aromatic carbocycles. The van der Waals surface area contributed by atoms with Crippen molar-refractivity contribution >= 4 is 11.6 Å². The Morgan fingerprint density at radius 1 is 1.62 bits per heavy atom. The van der Waals surface area contributed by atoms with Gasteiger partial charge in [-0.25, -0.2) is 9.78 Å². The number of rotatable bonds is 1. The lowest BCUT2D eigenvalue weighted by molar-refractivity contribution is 0.0996. The van der Waals surface area contributed by atoms with Crippen LogP contribution < -0.4 is 11.4 Å². The van der Waals surface area contributed by atoms with E-state index in [0.717, 1.165) is 0 Å². The maximum absolute atomic E-state index is 11.1. The minimum atomic E-state index is -0.650. The van der Waals surface area contributed by atoms with Crippen LogP contribution in [0, 0.1) is 0 Å². The number of fused-ring (bicyclic) bond motifs is 1. The fourth-order valence-electron chi connectivity index (χ4n) is 1.05. The van der Waals surface area contributed by atoms with Gasteiger partial charge in [0.2, 0.25) is 0 Å². The van der Waals surface area contributed by atoms with Crippen LogP contribution >= 0.6 is 0 Å². The van der Waals surface area contributed by atoms with E-state index in [0.29, 0.717) is 5.65 Å². The first kappa shape index (κ1) is 7.53. The molecule has 2 aromatic heterocycles. The molecule has 1 amide bonds. The van der Waals surface area contributed by atoms with Gasteiger partial charge >= 0.3 is 5.69 Å². The Balaban J connectivity index is 2.83. The molecule has 0 aliphatic heterocycles. The number of nitrogens with two attached hydrogens (primary N) is 1. The largest absolute Gasteiger partial charge is 0.364 e. The summed E-state index contributed by atoms with van der Waals surface area (Å²) < 4.78 is 1.22. The van der Waals surface area contributed by atoms with Crippen molar-refractivity contribution in [1.29, 1.82) is 0 Å². The second-order valence-corrected chi connectivity index (χ2v) is 2.50. The van der Waals surface area contributed by atoms with Crippen LogP contribution in [0.25, 0.3) is 5.65 Å². The molecular weight excluding hydrogens is 172 g/mol. The van der Waals surface area contributed by atoms with Crippen molar-refractivity contribution in [2.24, 2.45) is 5.73 Å². The van der Waals surface area contributed by atoms with E-state index in [1.54, 1.807) is 6.07 Å². The van der Waals surface area contributed by atoms with E-state index < -0.39 is 5.91 Å². The van der Waals surface area contributed by atoms with Crippen LogP contribution in [0.3, 0.4) is 0 Å². The fraction of sp³-hybridized carbons (Fsp3) is 0. The van der Waals surface area contributed by atoms with Crippen LogP contribution in [0.4, 0.5) is 0 Å². The summed E-state index contributed by atoms with van der Waals surface area (Å²) in [7, 11) is 0. The molecule has 0 spiro atoms. The number of primary amides is 1. The van der Waals surface area contributed by atoms with Crippen LogP contribution in [-0.4, -0.2) is 20.3 Å². The summed E-state index contributed by atoms with van der Waals surface area (Å²) >= 11 is 0. The molecule has 3 N–H and O–H groups in total. The first-order valence-electron chi connectivity index (χ1n) is 3.55. The van der Waals surface area contributed by atoms with E-state index in [4.69, 9.17) is 5.73 Å². The third-order valence-electron chi connectivity index (χ3n) is 1.64. The minimum absolute atomic E-state index is 0.0803. The summed E-state index contributed by atoms with van der Waals surface area (Å²) in [6.07, 6.45) is 2.76. The second kappa shape index (κ2) is 2.44. The van der Waals surface area contributed by atoms with E-state index in [-0.39, 0.29) is 11.4 Å².